The molecule has 0 saturated heterocycles. The van der Waals surface area contributed by atoms with Gasteiger partial charge >= 0.3 is 5.97 Å². The lowest BCUT2D eigenvalue weighted by molar-refractivity contribution is -0.116. The van der Waals surface area contributed by atoms with Crippen molar-refractivity contribution >= 4 is 17.6 Å². The predicted molar refractivity (Wildman–Crippen MR) is 114 cm³/mol. The first-order chi connectivity index (χ1) is 15.0. The molecular formula is C23H22N2O6. The van der Waals surface area contributed by atoms with E-state index < -0.39 is 11.9 Å². The van der Waals surface area contributed by atoms with E-state index >= 15 is 0 Å². The smallest absolute Gasteiger partial charge is 0.339 e. The van der Waals surface area contributed by atoms with Crippen molar-refractivity contribution in [2.24, 2.45) is 0 Å². The highest BCUT2D eigenvalue weighted by molar-refractivity contribution is 6.04. The molecule has 2 heterocycles. The Labute approximate surface area is 179 Å². The number of carbonyl (C=O) groups is 2. The molecule has 0 fully saturated rings. The minimum atomic E-state index is -1.13. The van der Waals surface area contributed by atoms with Gasteiger partial charge in [0.1, 0.15) is 11.3 Å². The Morgan fingerprint density at radius 2 is 1.87 bits per heavy atom. The zero-order valence-electron chi connectivity index (χ0n) is 17.3. The molecule has 0 unspecified atom stereocenters. The number of nitrogens with zero attached hydrogens (tertiary/aromatic N) is 1. The van der Waals surface area contributed by atoms with Gasteiger partial charge in [0.15, 0.2) is 11.5 Å². The first-order valence-electron chi connectivity index (χ1n) is 9.62. The fraction of sp³-hybridized carbons (Fsp3) is 0.217. The van der Waals surface area contributed by atoms with E-state index in [1.807, 2.05) is 36.4 Å². The number of benzene rings is 2. The summed E-state index contributed by atoms with van der Waals surface area (Å²) in [7, 11) is 4.65. The molecule has 8 nitrogen and oxygen atoms in total. The molecule has 0 bridgehead atoms. The van der Waals surface area contributed by atoms with Crippen molar-refractivity contribution in [2.75, 3.05) is 26.6 Å². The van der Waals surface area contributed by atoms with E-state index in [9.17, 15) is 14.7 Å². The molecule has 1 aliphatic rings. The van der Waals surface area contributed by atoms with Crippen LogP contribution >= 0.6 is 0 Å². The Balaban J connectivity index is 2.00. The van der Waals surface area contributed by atoms with Crippen molar-refractivity contribution < 1.29 is 28.9 Å². The van der Waals surface area contributed by atoms with Crippen LogP contribution in [0.15, 0.2) is 48.7 Å². The third-order valence-electron chi connectivity index (χ3n) is 5.40. The quantitative estimate of drug-likeness (QED) is 0.629. The SMILES string of the molecule is COc1cccc(-n2cc(C(=O)O)c3c2[C@@H](c2cccc(OC)c2OC)CC(=O)N3)c1. The fourth-order valence-electron chi connectivity index (χ4n) is 4.05. The second-order valence-corrected chi connectivity index (χ2v) is 7.07. The monoisotopic (exact) mass is 422 g/mol. The Hall–Kier alpha value is -3.94. The molecule has 0 aliphatic carbocycles. The lowest BCUT2D eigenvalue weighted by atomic mass is 9.87. The van der Waals surface area contributed by atoms with Crippen LogP contribution in [0, 0.1) is 0 Å². The van der Waals surface area contributed by atoms with E-state index in [-0.39, 0.29) is 23.6 Å². The van der Waals surface area contributed by atoms with Crippen LogP contribution in [-0.2, 0) is 4.79 Å². The minimum absolute atomic E-state index is 0.0118. The van der Waals surface area contributed by atoms with Crippen molar-refractivity contribution in [2.45, 2.75) is 12.3 Å². The summed E-state index contributed by atoms with van der Waals surface area (Å²) in [5.74, 6) is -0.179. The molecular weight excluding hydrogens is 400 g/mol. The largest absolute Gasteiger partial charge is 0.497 e. The summed E-state index contributed by atoms with van der Waals surface area (Å²) in [6.45, 7) is 0. The van der Waals surface area contributed by atoms with Crippen LogP contribution in [0.2, 0.25) is 0 Å². The van der Waals surface area contributed by atoms with Crippen molar-refractivity contribution in [1.82, 2.24) is 4.57 Å². The van der Waals surface area contributed by atoms with E-state index in [4.69, 9.17) is 14.2 Å². The first kappa shape index (κ1) is 20.3. The maximum atomic E-state index is 12.6. The topological polar surface area (TPSA) is 99.0 Å². The summed E-state index contributed by atoms with van der Waals surface area (Å²) in [4.78, 5) is 24.6. The highest BCUT2D eigenvalue weighted by atomic mass is 16.5. The number of methoxy groups -OCH3 is 3. The normalized spacial score (nSPS) is 15.1. The first-order valence-corrected chi connectivity index (χ1v) is 9.62. The highest BCUT2D eigenvalue weighted by Crippen LogP contribution is 2.46. The number of para-hydroxylation sites is 1. The predicted octanol–water partition coefficient (Wildman–Crippen LogP) is 3.68. The average Bonchev–Trinajstić information content (AvgIpc) is 3.17. The molecule has 2 N–H and O–H groups in total. The number of nitrogens with one attached hydrogen (secondary N) is 1. The Kier molecular flexibility index (Phi) is 5.29. The molecule has 2 aromatic carbocycles. The van der Waals surface area contributed by atoms with Crippen LogP contribution < -0.4 is 19.5 Å². The molecule has 3 aromatic rings. The van der Waals surface area contributed by atoms with Gasteiger partial charge in [-0.15, -0.1) is 0 Å². The number of aromatic carboxylic acids is 1. The molecule has 4 rings (SSSR count). The number of carbonyl (C=O) groups excluding carboxylic acids is 1. The lowest BCUT2D eigenvalue weighted by Gasteiger charge is -2.28. The lowest BCUT2D eigenvalue weighted by Crippen LogP contribution is -2.25. The molecule has 8 heteroatoms. The number of hydrogen-bond donors (Lipinski definition) is 2. The highest BCUT2D eigenvalue weighted by Gasteiger charge is 2.36. The van der Waals surface area contributed by atoms with Crippen LogP contribution in [0.5, 0.6) is 17.2 Å². The van der Waals surface area contributed by atoms with Gasteiger partial charge in [0, 0.05) is 35.9 Å². The van der Waals surface area contributed by atoms with Crippen molar-refractivity contribution in [1.29, 1.82) is 0 Å². The van der Waals surface area contributed by atoms with E-state index in [0.717, 1.165) is 5.56 Å². The summed E-state index contributed by atoms with van der Waals surface area (Å²) in [6, 6.07) is 12.7. The molecule has 0 saturated carbocycles. The molecule has 1 aromatic heterocycles. The number of hydrogen-bond acceptors (Lipinski definition) is 5. The van der Waals surface area contributed by atoms with Gasteiger partial charge in [-0.05, 0) is 18.2 Å². The number of aromatic nitrogens is 1. The van der Waals surface area contributed by atoms with Crippen LogP contribution in [0.4, 0.5) is 5.69 Å². The van der Waals surface area contributed by atoms with Gasteiger partial charge < -0.3 is 29.2 Å². The van der Waals surface area contributed by atoms with E-state index in [2.05, 4.69) is 5.32 Å². The number of ether oxygens (including phenoxy) is 3. The van der Waals surface area contributed by atoms with Gasteiger partial charge in [0.25, 0.3) is 0 Å². The number of amides is 1. The third kappa shape index (κ3) is 3.46. The third-order valence-corrected chi connectivity index (χ3v) is 5.40. The number of carboxylic acid groups (broad SMARTS) is 1. The molecule has 1 amide bonds. The van der Waals surface area contributed by atoms with Gasteiger partial charge in [0.2, 0.25) is 5.91 Å². The number of carboxylic acids is 1. The summed E-state index contributed by atoms with van der Waals surface area (Å²) in [6.07, 6.45) is 1.65. The Bertz CT molecular complexity index is 1170. The Morgan fingerprint density at radius 1 is 1.10 bits per heavy atom. The van der Waals surface area contributed by atoms with Gasteiger partial charge in [-0.1, -0.05) is 18.2 Å². The van der Waals surface area contributed by atoms with Crippen molar-refractivity contribution in [3.63, 3.8) is 0 Å². The zero-order valence-corrected chi connectivity index (χ0v) is 17.3. The van der Waals surface area contributed by atoms with Crippen LogP contribution in [0.25, 0.3) is 5.69 Å². The van der Waals surface area contributed by atoms with Crippen molar-refractivity contribution in [3.8, 4) is 22.9 Å². The standard InChI is InChI=1S/C23H22N2O6/c1-29-14-7-4-6-13(10-14)25-12-17(23(27)28)20-21(25)16(11-19(26)24-20)15-8-5-9-18(30-2)22(15)31-3/h4-10,12,16H,11H2,1-3H3,(H,24,26)(H,27,28)/t16-/m1/s1. The fourth-order valence-corrected chi connectivity index (χ4v) is 4.05. The van der Waals surface area contributed by atoms with Gasteiger partial charge in [-0.3, -0.25) is 4.79 Å². The second-order valence-electron chi connectivity index (χ2n) is 7.07. The molecule has 31 heavy (non-hydrogen) atoms. The van der Waals surface area contributed by atoms with Crippen molar-refractivity contribution in [3.05, 3.63) is 65.5 Å². The Morgan fingerprint density at radius 3 is 2.55 bits per heavy atom. The average molecular weight is 422 g/mol. The van der Waals surface area contributed by atoms with Gasteiger partial charge in [0.05, 0.1) is 32.7 Å². The van der Waals surface area contributed by atoms with Crippen LogP contribution in [0.3, 0.4) is 0 Å². The molecule has 0 spiro atoms. The summed E-state index contributed by atoms with van der Waals surface area (Å²) in [5.41, 5.74) is 2.39. The van der Waals surface area contributed by atoms with Gasteiger partial charge in [-0.2, -0.15) is 0 Å². The van der Waals surface area contributed by atoms with Crippen LogP contribution in [-0.4, -0.2) is 42.9 Å². The second kappa shape index (κ2) is 8.06. The van der Waals surface area contributed by atoms with E-state index in [1.165, 1.54) is 13.3 Å². The zero-order chi connectivity index (χ0) is 22.1. The summed E-state index contributed by atoms with van der Waals surface area (Å²) < 4.78 is 18.1. The summed E-state index contributed by atoms with van der Waals surface area (Å²) in [5, 5.41) is 12.5. The summed E-state index contributed by atoms with van der Waals surface area (Å²) >= 11 is 0. The number of rotatable bonds is 6. The molecule has 160 valence electrons. The maximum Gasteiger partial charge on any atom is 0.339 e. The molecule has 1 aliphatic heterocycles. The number of fused-ring (bicyclic) bond motifs is 1. The van der Waals surface area contributed by atoms with E-state index in [1.54, 1.807) is 24.9 Å². The van der Waals surface area contributed by atoms with Gasteiger partial charge in [-0.25, -0.2) is 4.79 Å². The van der Waals surface area contributed by atoms with E-state index in [0.29, 0.717) is 28.6 Å². The molecule has 1 atom stereocenters. The number of anilines is 1. The van der Waals surface area contributed by atoms with Crippen LogP contribution in [0.1, 0.15) is 34.0 Å². The molecule has 0 radical (unpaired) electrons. The minimum Gasteiger partial charge on any atom is -0.497 e. The maximum absolute atomic E-state index is 12.6.